The number of aromatic nitrogens is 2. The molecule has 1 aromatic heterocycles. The molecule has 1 aromatic rings. The van der Waals surface area contributed by atoms with Gasteiger partial charge in [-0.2, -0.15) is 4.98 Å². The van der Waals surface area contributed by atoms with Gasteiger partial charge in [0.05, 0.1) is 6.54 Å². The Morgan fingerprint density at radius 3 is 2.85 bits per heavy atom. The lowest BCUT2D eigenvalue weighted by molar-refractivity contribution is 0.0683. The zero-order chi connectivity index (χ0) is 17.6. The molecule has 1 N–H and O–H groups in total. The van der Waals surface area contributed by atoms with Crippen LogP contribution in [-0.4, -0.2) is 71.8 Å². The van der Waals surface area contributed by atoms with Crippen LogP contribution in [0.1, 0.15) is 50.9 Å². The van der Waals surface area contributed by atoms with Crippen LogP contribution in [0.15, 0.2) is 9.52 Å². The summed E-state index contributed by atoms with van der Waals surface area (Å²) in [7, 11) is 1.82. The molecule has 0 radical (unpaired) electrons. The van der Waals surface area contributed by atoms with E-state index in [9.17, 15) is 0 Å². The van der Waals surface area contributed by atoms with Crippen LogP contribution < -0.4 is 5.32 Å². The normalized spacial score (nSPS) is 22.5. The Morgan fingerprint density at radius 2 is 2.15 bits per heavy atom. The smallest absolute Gasteiger partial charge is 0.246 e. The van der Waals surface area contributed by atoms with Gasteiger partial charge in [0.1, 0.15) is 6.10 Å². The highest BCUT2D eigenvalue weighted by molar-refractivity contribution is 14.0. The fourth-order valence-electron chi connectivity index (χ4n) is 3.66. The number of nitrogens with one attached hydrogen (secondary N) is 1. The van der Waals surface area contributed by atoms with Crippen molar-refractivity contribution in [1.82, 2.24) is 25.3 Å². The van der Waals surface area contributed by atoms with E-state index in [2.05, 4.69) is 30.2 Å². The quantitative estimate of drug-likeness (QED) is 0.381. The molecule has 2 unspecified atom stereocenters. The van der Waals surface area contributed by atoms with Crippen molar-refractivity contribution in [3.05, 3.63) is 11.7 Å². The monoisotopic (exact) mass is 478 g/mol. The summed E-state index contributed by atoms with van der Waals surface area (Å²) in [5.41, 5.74) is 0. The van der Waals surface area contributed by atoms with Gasteiger partial charge in [-0.1, -0.05) is 5.16 Å². The zero-order valence-corrected chi connectivity index (χ0v) is 18.3. The topological polar surface area (TPSA) is 79.0 Å². The first-order chi connectivity index (χ1) is 12.2. The van der Waals surface area contributed by atoms with Gasteiger partial charge in [0, 0.05) is 32.8 Å². The fraction of sp³-hybridized carbons (Fsp3) is 0.824. The Labute approximate surface area is 172 Å². The van der Waals surface area contributed by atoms with E-state index >= 15 is 0 Å². The fourth-order valence-corrected chi connectivity index (χ4v) is 3.66. The molecule has 2 saturated heterocycles. The van der Waals surface area contributed by atoms with Crippen molar-refractivity contribution < 1.29 is 9.26 Å². The van der Waals surface area contributed by atoms with E-state index in [0.29, 0.717) is 30.9 Å². The van der Waals surface area contributed by atoms with Crippen LogP contribution >= 0.6 is 24.0 Å². The number of aliphatic imine (C=N–C) groups is 1. The molecule has 0 aromatic carbocycles. The number of halogens is 1. The second-order valence-electron chi connectivity index (χ2n) is 6.68. The van der Waals surface area contributed by atoms with E-state index in [1.807, 2.05) is 20.9 Å². The van der Waals surface area contributed by atoms with Crippen molar-refractivity contribution in [1.29, 1.82) is 0 Å². The summed E-state index contributed by atoms with van der Waals surface area (Å²) >= 11 is 0. The van der Waals surface area contributed by atoms with Crippen LogP contribution in [-0.2, 0) is 11.3 Å². The Bertz CT molecular complexity index is 575. The van der Waals surface area contributed by atoms with E-state index in [0.717, 1.165) is 19.0 Å². The Hall–Kier alpha value is -0.940. The molecule has 0 aliphatic carbocycles. The van der Waals surface area contributed by atoms with E-state index in [1.165, 1.54) is 32.4 Å². The van der Waals surface area contributed by atoms with Gasteiger partial charge >= 0.3 is 0 Å². The van der Waals surface area contributed by atoms with Gasteiger partial charge in [-0.25, -0.2) is 0 Å². The number of ether oxygens (including phenoxy) is 1. The predicted molar refractivity (Wildman–Crippen MR) is 111 cm³/mol. The standard InChI is InChI=1S/C17H30N6O2.HI/c1-4-24-13(2)16-20-15(25-21-16)11-19-17(18-3)23-10-7-14(12-23)22-8-5-6-9-22;/h13-14H,4-12H2,1-3H3,(H,18,19);1H. The molecule has 8 nitrogen and oxygen atoms in total. The molecule has 0 saturated carbocycles. The zero-order valence-electron chi connectivity index (χ0n) is 16.0. The summed E-state index contributed by atoms with van der Waals surface area (Å²) in [5.74, 6) is 2.04. The first-order valence-electron chi connectivity index (χ1n) is 9.35. The molecular formula is C17H31IN6O2. The molecule has 9 heteroatoms. The molecule has 2 fully saturated rings. The van der Waals surface area contributed by atoms with Gasteiger partial charge in [-0.3, -0.25) is 9.89 Å². The minimum Gasteiger partial charge on any atom is -0.371 e. The van der Waals surface area contributed by atoms with Gasteiger partial charge in [0.15, 0.2) is 11.8 Å². The number of hydrogen-bond donors (Lipinski definition) is 1. The average molecular weight is 478 g/mol. The highest BCUT2D eigenvalue weighted by Crippen LogP contribution is 2.20. The summed E-state index contributed by atoms with van der Waals surface area (Å²) in [4.78, 5) is 13.7. The molecule has 0 bridgehead atoms. The molecule has 26 heavy (non-hydrogen) atoms. The molecule has 148 valence electrons. The third kappa shape index (κ3) is 5.29. The minimum atomic E-state index is -0.151. The summed E-state index contributed by atoms with van der Waals surface area (Å²) in [5, 5.41) is 7.33. The van der Waals surface area contributed by atoms with E-state index in [1.54, 1.807) is 0 Å². The van der Waals surface area contributed by atoms with E-state index < -0.39 is 0 Å². The van der Waals surface area contributed by atoms with Crippen molar-refractivity contribution in [2.45, 2.75) is 51.8 Å². The van der Waals surface area contributed by atoms with Crippen molar-refractivity contribution in [2.75, 3.05) is 39.8 Å². The molecule has 2 aliphatic heterocycles. The average Bonchev–Trinajstić information content (AvgIpc) is 3.36. The first kappa shape index (κ1) is 21.4. The number of rotatable bonds is 6. The molecular weight excluding hydrogens is 447 g/mol. The van der Waals surface area contributed by atoms with Crippen LogP contribution in [0.4, 0.5) is 0 Å². The lowest BCUT2D eigenvalue weighted by atomic mass is 10.2. The van der Waals surface area contributed by atoms with E-state index in [4.69, 9.17) is 9.26 Å². The molecule has 0 spiro atoms. The Balaban J connectivity index is 0.00000243. The highest BCUT2D eigenvalue weighted by Gasteiger charge is 2.30. The SMILES string of the molecule is CCOC(C)c1noc(CNC(=NC)N2CCC(N3CCCC3)C2)n1.I. The maximum absolute atomic E-state index is 5.49. The predicted octanol–water partition coefficient (Wildman–Crippen LogP) is 2.03. The van der Waals surface area contributed by atoms with Gasteiger partial charge < -0.3 is 19.5 Å². The third-order valence-corrected chi connectivity index (χ3v) is 4.99. The van der Waals surface area contributed by atoms with Crippen LogP contribution in [0.3, 0.4) is 0 Å². The maximum atomic E-state index is 5.49. The van der Waals surface area contributed by atoms with Crippen molar-refractivity contribution >= 4 is 29.9 Å². The second kappa shape index (κ2) is 10.4. The van der Waals surface area contributed by atoms with Gasteiger partial charge in [0.25, 0.3) is 0 Å². The maximum Gasteiger partial charge on any atom is 0.246 e. The number of hydrogen-bond acceptors (Lipinski definition) is 6. The molecule has 3 heterocycles. The van der Waals surface area contributed by atoms with Crippen LogP contribution in [0.25, 0.3) is 0 Å². The minimum absolute atomic E-state index is 0. The van der Waals surface area contributed by atoms with Crippen molar-refractivity contribution in [3.63, 3.8) is 0 Å². The summed E-state index contributed by atoms with van der Waals surface area (Å²) < 4.78 is 10.8. The summed E-state index contributed by atoms with van der Waals surface area (Å²) in [6.45, 7) is 9.54. The number of nitrogens with zero attached hydrogens (tertiary/aromatic N) is 5. The molecule has 3 rings (SSSR count). The third-order valence-electron chi connectivity index (χ3n) is 4.99. The lowest BCUT2D eigenvalue weighted by Gasteiger charge is -2.25. The molecule has 0 amide bonds. The molecule has 2 aliphatic rings. The van der Waals surface area contributed by atoms with Crippen molar-refractivity contribution in [3.8, 4) is 0 Å². The Kier molecular flexibility index (Phi) is 8.55. The van der Waals surface area contributed by atoms with Crippen molar-refractivity contribution in [2.24, 2.45) is 4.99 Å². The number of likely N-dealkylation sites (tertiary alicyclic amines) is 2. The summed E-state index contributed by atoms with van der Waals surface area (Å²) in [6.07, 6.45) is 3.73. The van der Waals surface area contributed by atoms with Gasteiger partial charge in [0.2, 0.25) is 5.89 Å². The van der Waals surface area contributed by atoms with E-state index in [-0.39, 0.29) is 30.1 Å². The lowest BCUT2D eigenvalue weighted by Crippen LogP contribution is -2.42. The van der Waals surface area contributed by atoms with Crippen LogP contribution in [0.2, 0.25) is 0 Å². The molecule has 2 atom stereocenters. The van der Waals surface area contributed by atoms with Gasteiger partial charge in [-0.15, -0.1) is 24.0 Å². The first-order valence-corrected chi connectivity index (χ1v) is 9.35. The Morgan fingerprint density at radius 1 is 1.38 bits per heavy atom. The van der Waals surface area contributed by atoms with Gasteiger partial charge in [-0.05, 0) is 46.2 Å². The number of guanidine groups is 1. The van der Waals surface area contributed by atoms with Crippen LogP contribution in [0, 0.1) is 0 Å². The highest BCUT2D eigenvalue weighted by atomic mass is 127. The van der Waals surface area contributed by atoms with Crippen LogP contribution in [0.5, 0.6) is 0 Å². The largest absolute Gasteiger partial charge is 0.371 e. The second-order valence-corrected chi connectivity index (χ2v) is 6.68. The summed E-state index contributed by atoms with van der Waals surface area (Å²) in [6, 6.07) is 0.656.